The summed E-state index contributed by atoms with van der Waals surface area (Å²) in [7, 11) is 0. The summed E-state index contributed by atoms with van der Waals surface area (Å²) in [5.74, 6) is 0. The van der Waals surface area contributed by atoms with Gasteiger partial charge >= 0.3 is 6.03 Å². The molecule has 1 aromatic rings. The first-order valence-corrected chi connectivity index (χ1v) is 6.09. The summed E-state index contributed by atoms with van der Waals surface area (Å²) in [5.41, 5.74) is 1.97. The molecule has 1 aliphatic carbocycles. The normalized spacial score (nSPS) is 14.4. The Balaban J connectivity index is 1.65. The number of carbonyl (C=O) groups excluding carboxylic acids is 1. The van der Waals surface area contributed by atoms with Crippen molar-refractivity contribution in [2.75, 3.05) is 18.4 Å². The average molecular weight is 233 g/mol. The highest BCUT2D eigenvalue weighted by Crippen LogP contribution is 2.17. The topological polar surface area (TPSA) is 53.2 Å². The van der Waals surface area contributed by atoms with Crippen molar-refractivity contribution in [1.29, 1.82) is 0 Å². The van der Waals surface area contributed by atoms with Crippen LogP contribution >= 0.6 is 0 Å². The Morgan fingerprint density at radius 1 is 1.35 bits per heavy atom. The minimum Gasteiger partial charge on any atom is -0.337 e. The summed E-state index contributed by atoms with van der Waals surface area (Å²) in [6.07, 6.45) is 2.55. The summed E-state index contributed by atoms with van der Waals surface area (Å²) < 4.78 is 0. The molecule has 0 atom stereocenters. The number of aryl methyl sites for hydroxylation is 1. The van der Waals surface area contributed by atoms with Gasteiger partial charge in [-0.2, -0.15) is 0 Å². The predicted octanol–water partition coefficient (Wildman–Crippen LogP) is 1.87. The lowest BCUT2D eigenvalue weighted by atomic mass is 10.2. The summed E-state index contributed by atoms with van der Waals surface area (Å²) in [6.45, 7) is 3.50. The number of benzene rings is 1. The van der Waals surface area contributed by atoms with Crippen LogP contribution in [0, 0.1) is 6.92 Å². The summed E-state index contributed by atoms with van der Waals surface area (Å²) in [5, 5.41) is 8.97. The van der Waals surface area contributed by atoms with Gasteiger partial charge in [0.1, 0.15) is 0 Å². The van der Waals surface area contributed by atoms with E-state index in [2.05, 4.69) is 16.0 Å². The molecule has 0 heterocycles. The van der Waals surface area contributed by atoms with Crippen molar-refractivity contribution in [3.8, 4) is 0 Å². The molecule has 2 rings (SSSR count). The highest BCUT2D eigenvalue weighted by atomic mass is 16.2. The van der Waals surface area contributed by atoms with Crippen LogP contribution in [0.4, 0.5) is 10.5 Å². The van der Waals surface area contributed by atoms with Gasteiger partial charge in [-0.25, -0.2) is 4.79 Å². The van der Waals surface area contributed by atoms with Crippen LogP contribution in [0.2, 0.25) is 0 Å². The molecule has 4 heteroatoms. The molecule has 0 unspecified atom stereocenters. The van der Waals surface area contributed by atoms with Crippen LogP contribution < -0.4 is 16.0 Å². The zero-order chi connectivity index (χ0) is 12.1. The number of urea groups is 1. The van der Waals surface area contributed by atoms with Crippen LogP contribution in [0.15, 0.2) is 24.3 Å². The minimum atomic E-state index is -0.145. The van der Waals surface area contributed by atoms with Crippen LogP contribution in [-0.2, 0) is 0 Å². The minimum absolute atomic E-state index is 0.145. The van der Waals surface area contributed by atoms with E-state index >= 15 is 0 Å². The number of anilines is 1. The molecular formula is C13H19N3O. The summed E-state index contributed by atoms with van der Waals surface area (Å²) in [6, 6.07) is 8.31. The van der Waals surface area contributed by atoms with Crippen LogP contribution in [-0.4, -0.2) is 25.2 Å². The molecule has 1 aromatic carbocycles. The monoisotopic (exact) mass is 233 g/mol. The van der Waals surface area contributed by atoms with E-state index in [0.717, 1.165) is 17.8 Å². The Hall–Kier alpha value is -1.55. The van der Waals surface area contributed by atoms with E-state index in [-0.39, 0.29) is 6.03 Å². The van der Waals surface area contributed by atoms with Crippen molar-refractivity contribution in [2.24, 2.45) is 0 Å². The Bertz CT molecular complexity index is 388. The number of rotatable bonds is 5. The molecule has 4 nitrogen and oxygen atoms in total. The van der Waals surface area contributed by atoms with E-state index in [1.165, 1.54) is 12.8 Å². The fourth-order valence-electron chi connectivity index (χ4n) is 1.64. The maximum atomic E-state index is 11.5. The van der Waals surface area contributed by atoms with Crippen LogP contribution in [0.5, 0.6) is 0 Å². The Morgan fingerprint density at radius 3 is 2.88 bits per heavy atom. The first-order chi connectivity index (χ1) is 8.24. The van der Waals surface area contributed by atoms with E-state index in [4.69, 9.17) is 0 Å². The SMILES string of the molecule is Cc1cccc(NC(=O)NCCNC2CC2)c1. The highest BCUT2D eigenvalue weighted by Gasteiger charge is 2.19. The van der Waals surface area contributed by atoms with Gasteiger partial charge in [-0.05, 0) is 37.5 Å². The number of hydrogen-bond acceptors (Lipinski definition) is 2. The molecule has 92 valence electrons. The maximum Gasteiger partial charge on any atom is 0.319 e. The number of carbonyl (C=O) groups is 1. The number of hydrogen-bond donors (Lipinski definition) is 3. The third kappa shape index (κ3) is 4.44. The van der Waals surface area contributed by atoms with Crippen LogP contribution in [0.1, 0.15) is 18.4 Å². The molecule has 1 aliphatic rings. The predicted molar refractivity (Wildman–Crippen MR) is 69.2 cm³/mol. The first kappa shape index (κ1) is 11.9. The molecule has 0 saturated heterocycles. The lowest BCUT2D eigenvalue weighted by Gasteiger charge is -2.08. The van der Waals surface area contributed by atoms with Crippen molar-refractivity contribution >= 4 is 11.7 Å². The smallest absolute Gasteiger partial charge is 0.319 e. The van der Waals surface area contributed by atoms with Gasteiger partial charge in [0.05, 0.1) is 0 Å². The molecule has 0 bridgehead atoms. The van der Waals surface area contributed by atoms with Crippen molar-refractivity contribution in [2.45, 2.75) is 25.8 Å². The second kappa shape index (κ2) is 5.68. The molecule has 2 amide bonds. The third-order valence-corrected chi connectivity index (χ3v) is 2.70. The van der Waals surface area contributed by atoms with E-state index in [1.807, 2.05) is 31.2 Å². The van der Waals surface area contributed by atoms with Crippen LogP contribution in [0.25, 0.3) is 0 Å². The highest BCUT2D eigenvalue weighted by molar-refractivity contribution is 5.89. The molecular weight excluding hydrogens is 214 g/mol. The number of nitrogens with one attached hydrogen (secondary N) is 3. The first-order valence-electron chi connectivity index (χ1n) is 6.09. The van der Waals surface area contributed by atoms with Crippen LogP contribution in [0.3, 0.4) is 0 Å². The second-order valence-corrected chi connectivity index (χ2v) is 4.48. The molecule has 17 heavy (non-hydrogen) atoms. The Labute approximate surface area is 102 Å². The van der Waals surface area contributed by atoms with Gasteiger partial charge in [-0.3, -0.25) is 0 Å². The molecule has 3 N–H and O–H groups in total. The molecule has 0 radical (unpaired) electrons. The van der Waals surface area contributed by atoms with Gasteiger partial charge in [0, 0.05) is 24.8 Å². The van der Waals surface area contributed by atoms with Gasteiger partial charge in [0.25, 0.3) is 0 Å². The number of amides is 2. The van der Waals surface area contributed by atoms with E-state index in [1.54, 1.807) is 0 Å². The quantitative estimate of drug-likeness (QED) is 0.680. The lowest BCUT2D eigenvalue weighted by Crippen LogP contribution is -2.35. The summed E-state index contributed by atoms with van der Waals surface area (Å²) in [4.78, 5) is 11.5. The molecule has 0 spiro atoms. The van der Waals surface area contributed by atoms with Gasteiger partial charge < -0.3 is 16.0 Å². The van der Waals surface area contributed by atoms with E-state index in [9.17, 15) is 4.79 Å². The fourth-order valence-corrected chi connectivity index (χ4v) is 1.64. The maximum absolute atomic E-state index is 11.5. The summed E-state index contributed by atoms with van der Waals surface area (Å²) >= 11 is 0. The zero-order valence-electron chi connectivity index (χ0n) is 10.1. The van der Waals surface area contributed by atoms with Crippen molar-refractivity contribution in [3.63, 3.8) is 0 Å². The van der Waals surface area contributed by atoms with E-state index in [0.29, 0.717) is 12.6 Å². The van der Waals surface area contributed by atoms with Gasteiger partial charge in [0.15, 0.2) is 0 Å². The standard InChI is InChI=1S/C13H19N3O/c1-10-3-2-4-12(9-10)16-13(17)15-8-7-14-11-5-6-11/h2-4,9,11,14H,5-8H2,1H3,(H2,15,16,17). The van der Waals surface area contributed by atoms with Crippen molar-refractivity contribution in [1.82, 2.24) is 10.6 Å². The fraction of sp³-hybridized carbons (Fsp3) is 0.462. The third-order valence-electron chi connectivity index (χ3n) is 2.70. The molecule has 0 aliphatic heterocycles. The van der Waals surface area contributed by atoms with E-state index < -0.39 is 0 Å². The Morgan fingerprint density at radius 2 is 2.18 bits per heavy atom. The zero-order valence-corrected chi connectivity index (χ0v) is 10.1. The van der Waals surface area contributed by atoms with Crippen molar-refractivity contribution in [3.05, 3.63) is 29.8 Å². The lowest BCUT2D eigenvalue weighted by molar-refractivity contribution is 0.252. The van der Waals surface area contributed by atoms with Gasteiger partial charge in [-0.1, -0.05) is 12.1 Å². The molecule has 1 fully saturated rings. The largest absolute Gasteiger partial charge is 0.337 e. The van der Waals surface area contributed by atoms with Gasteiger partial charge in [0.2, 0.25) is 0 Å². The Kier molecular flexibility index (Phi) is 3.98. The van der Waals surface area contributed by atoms with Gasteiger partial charge in [-0.15, -0.1) is 0 Å². The molecule has 1 saturated carbocycles. The average Bonchev–Trinajstić information content (AvgIpc) is 3.08. The second-order valence-electron chi connectivity index (χ2n) is 4.48. The van der Waals surface area contributed by atoms with Crippen molar-refractivity contribution < 1.29 is 4.79 Å². The molecule has 0 aromatic heterocycles.